The second-order valence-electron chi connectivity index (χ2n) is 5.00. The van der Waals surface area contributed by atoms with E-state index in [4.69, 9.17) is 21.1 Å². The number of rotatable bonds is 6. The molecule has 3 aromatic rings. The van der Waals surface area contributed by atoms with E-state index in [0.717, 1.165) is 16.3 Å². The maximum absolute atomic E-state index is 10.8. The van der Waals surface area contributed by atoms with Crippen LogP contribution in [0.5, 0.6) is 11.5 Å². The Balaban J connectivity index is 1.75. The van der Waals surface area contributed by atoms with Crippen molar-refractivity contribution < 1.29 is 14.4 Å². The molecule has 0 bridgehead atoms. The van der Waals surface area contributed by atoms with Crippen molar-refractivity contribution in [2.24, 2.45) is 0 Å². The molecule has 8 heteroatoms. The van der Waals surface area contributed by atoms with E-state index >= 15 is 0 Å². The molecule has 0 atom stereocenters. The molecule has 2 aromatic carbocycles. The number of methoxy groups -OCH3 is 1. The number of ether oxygens (including phenoxy) is 2. The van der Waals surface area contributed by atoms with Crippen LogP contribution in [-0.2, 0) is 6.61 Å². The van der Waals surface area contributed by atoms with Crippen molar-refractivity contribution >= 4 is 28.6 Å². The monoisotopic (exact) mass is 376 g/mol. The first-order chi connectivity index (χ1) is 12.1. The fraction of sp³-hybridized carbons (Fsp3) is 0.118. The van der Waals surface area contributed by atoms with Gasteiger partial charge >= 0.3 is 0 Å². The second-order valence-corrected chi connectivity index (χ2v) is 6.27. The van der Waals surface area contributed by atoms with Gasteiger partial charge in [-0.25, -0.2) is 4.98 Å². The van der Waals surface area contributed by atoms with Gasteiger partial charge in [0.1, 0.15) is 11.6 Å². The predicted molar refractivity (Wildman–Crippen MR) is 96.5 cm³/mol. The van der Waals surface area contributed by atoms with Gasteiger partial charge in [-0.05, 0) is 12.1 Å². The van der Waals surface area contributed by atoms with Gasteiger partial charge < -0.3 is 9.47 Å². The van der Waals surface area contributed by atoms with Gasteiger partial charge in [0.05, 0.1) is 28.8 Å². The minimum absolute atomic E-state index is 0.0566. The van der Waals surface area contributed by atoms with Crippen molar-refractivity contribution in [3.05, 3.63) is 68.7 Å². The maximum atomic E-state index is 10.8. The topological polar surface area (TPSA) is 74.5 Å². The van der Waals surface area contributed by atoms with Gasteiger partial charge in [0, 0.05) is 17.0 Å². The van der Waals surface area contributed by atoms with E-state index in [2.05, 4.69) is 4.98 Å². The van der Waals surface area contributed by atoms with E-state index in [1.807, 2.05) is 29.6 Å². The van der Waals surface area contributed by atoms with Crippen LogP contribution < -0.4 is 9.47 Å². The van der Waals surface area contributed by atoms with Gasteiger partial charge in [0.15, 0.2) is 11.5 Å². The molecule has 1 heterocycles. The Bertz CT molecular complexity index is 913. The third-order valence-electron chi connectivity index (χ3n) is 3.39. The Kier molecular flexibility index (Phi) is 5.16. The quantitative estimate of drug-likeness (QED) is 0.449. The number of aromatic nitrogens is 1. The Morgan fingerprint density at radius 1 is 1.24 bits per heavy atom. The number of non-ortho nitro benzene ring substituents is 1. The zero-order valence-corrected chi connectivity index (χ0v) is 14.7. The van der Waals surface area contributed by atoms with E-state index in [0.29, 0.717) is 16.5 Å². The lowest BCUT2D eigenvalue weighted by atomic mass is 10.2. The number of nitrogens with zero attached hydrogens (tertiary/aromatic N) is 2. The molecule has 0 saturated heterocycles. The van der Waals surface area contributed by atoms with Gasteiger partial charge in [-0.2, -0.15) is 0 Å². The fourth-order valence-corrected chi connectivity index (χ4v) is 3.30. The van der Waals surface area contributed by atoms with Crippen molar-refractivity contribution in [2.45, 2.75) is 6.61 Å². The van der Waals surface area contributed by atoms with Crippen LogP contribution in [0.1, 0.15) is 5.69 Å². The van der Waals surface area contributed by atoms with Gasteiger partial charge in [0.25, 0.3) is 5.69 Å². The Labute approximate surface area is 152 Å². The summed E-state index contributed by atoms with van der Waals surface area (Å²) < 4.78 is 10.8. The van der Waals surface area contributed by atoms with Gasteiger partial charge in [-0.3, -0.25) is 10.1 Å². The standard InChI is InChI=1S/C17H13ClN2O4S/c1-23-16-8-12(20(21)22)6-7-15(16)24-9-11-10-25-17(19-11)13-4-2-3-5-14(13)18/h2-8,10H,9H2,1H3. The number of hydrogen-bond donors (Lipinski definition) is 0. The van der Waals surface area contributed by atoms with Crippen molar-refractivity contribution in [1.82, 2.24) is 4.98 Å². The molecule has 0 aliphatic rings. The lowest BCUT2D eigenvalue weighted by Gasteiger charge is -2.09. The summed E-state index contributed by atoms with van der Waals surface area (Å²) in [5, 5.41) is 14.1. The zero-order valence-electron chi connectivity index (χ0n) is 13.1. The third kappa shape index (κ3) is 3.89. The molecule has 128 valence electrons. The van der Waals surface area contributed by atoms with Crippen LogP contribution in [0.3, 0.4) is 0 Å². The van der Waals surface area contributed by atoms with Gasteiger partial charge in [-0.1, -0.05) is 29.8 Å². The number of halogens is 1. The van der Waals surface area contributed by atoms with Crippen LogP contribution in [0.4, 0.5) is 5.69 Å². The largest absolute Gasteiger partial charge is 0.493 e. The van der Waals surface area contributed by atoms with Crippen LogP contribution in [0, 0.1) is 10.1 Å². The van der Waals surface area contributed by atoms with Crippen LogP contribution >= 0.6 is 22.9 Å². The molecule has 0 amide bonds. The molecule has 0 unspecified atom stereocenters. The molecule has 6 nitrogen and oxygen atoms in total. The number of hydrogen-bond acceptors (Lipinski definition) is 6. The summed E-state index contributed by atoms with van der Waals surface area (Å²) in [6, 6.07) is 11.7. The normalized spacial score (nSPS) is 10.5. The highest BCUT2D eigenvalue weighted by atomic mass is 35.5. The number of nitro groups is 1. The molecule has 0 N–H and O–H groups in total. The number of benzene rings is 2. The maximum Gasteiger partial charge on any atom is 0.273 e. The van der Waals surface area contributed by atoms with E-state index < -0.39 is 4.92 Å². The fourth-order valence-electron chi connectivity index (χ4n) is 2.17. The lowest BCUT2D eigenvalue weighted by Crippen LogP contribution is -1.99. The molecule has 0 aliphatic carbocycles. The summed E-state index contributed by atoms with van der Waals surface area (Å²) in [6.45, 7) is 0.217. The van der Waals surface area contributed by atoms with Crippen molar-refractivity contribution in [3.8, 4) is 22.1 Å². The minimum Gasteiger partial charge on any atom is -0.493 e. The van der Waals surface area contributed by atoms with Crippen molar-refractivity contribution in [1.29, 1.82) is 0 Å². The molecular formula is C17H13ClN2O4S. The first kappa shape index (κ1) is 17.2. The summed E-state index contributed by atoms with van der Waals surface area (Å²) in [4.78, 5) is 14.8. The highest BCUT2D eigenvalue weighted by Crippen LogP contribution is 2.33. The number of thiazole rings is 1. The average Bonchev–Trinajstić information content (AvgIpc) is 3.08. The predicted octanol–water partition coefficient (Wildman–Crippen LogP) is 4.96. The summed E-state index contributed by atoms with van der Waals surface area (Å²) in [5.74, 6) is 0.719. The SMILES string of the molecule is COc1cc([N+](=O)[O-])ccc1OCc1csc(-c2ccccc2Cl)n1. The van der Waals surface area contributed by atoms with E-state index in [1.54, 1.807) is 0 Å². The lowest BCUT2D eigenvalue weighted by molar-refractivity contribution is -0.385. The Morgan fingerprint density at radius 2 is 2.04 bits per heavy atom. The molecule has 0 fully saturated rings. The Hall–Kier alpha value is -2.64. The molecule has 3 rings (SSSR count). The average molecular weight is 377 g/mol. The Morgan fingerprint density at radius 3 is 2.76 bits per heavy atom. The van der Waals surface area contributed by atoms with Gasteiger partial charge in [0.2, 0.25) is 0 Å². The zero-order chi connectivity index (χ0) is 17.8. The first-order valence-corrected chi connectivity index (χ1v) is 8.49. The molecule has 0 aliphatic heterocycles. The molecule has 25 heavy (non-hydrogen) atoms. The van der Waals surface area contributed by atoms with Crippen LogP contribution in [-0.4, -0.2) is 17.0 Å². The molecule has 0 saturated carbocycles. The van der Waals surface area contributed by atoms with Crippen molar-refractivity contribution in [2.75, 3.05) is 7.11 Å². The summed E-state index contributed by atoms with van der Waals surface area (Å²) >= 11 is 7.66. The van der Waals surface area contributed by atoms with E-state index in [-0.39, 0.29) is 12.3 Å². The molecule has 0 spiro atoms. The molecular weight excluding hydrogens is 364 g/mol. The smallest absolute Gasteiger partial charge is 0.273 e. The van der Waals surface area contributed by atoms with Crippen LogP contribution in [0.25, 0.3) is 10.6 Å². The van der Waals surface area contributed by atoms with Gasteiger partial charge in [-0.15, -0.1) is 11.3 Å². The van der Waals surface area contributed by atoms with Crippen LogP contribution in [0.15, 0.2) is 47.8 Å². The molecule has 1 aromatic heterocycles. The summed E-state index contributed by atoms with van der Waals surface area (Å²) in [7, 11) is 1.43. The highest BCUT2D eigenvalue weighted by Gasteiger charge is 2.13. The van der Waals surface area contributed by atoms with Crippen molar-refractivity contribution in [3.63, 3.8) is 0 Å². The third-order valence-corrected chi connectivity index (χ3v) is 4.64. The summed E-state index contributed by atoms with van der Waals surface area (Å²) in [6.07, 6.45) is 0. The van der Waals surface area contributed by atoms with E-state index in [1.165, 1.54) is 36.6 Å². The minimum atomic E-state index is -0.484. The first-order valence-electron chi connectivity index (χ1n) is 7.23. The van der Waals surface area contributed by atoms with Crippen LogP contribution in [0.2, 0.25) is 5.02 Å². The highest BCUT2D eigenvalue weighted by molar-refractivity contribution is 7.13. The summed E-state index contributed by atoms with van der Waals surface area (Å²) in [5.41, 5.74) is 1.55. The second kappa shape index (κ2) is 7.50. The number of nitro benzene ring substituents is 1. The molecule has 0 radical (unpaired) electrons. The van der Waals surface area contributed by atoms with E-state index in [9.17, 15) is 10.1 Å².